The molecule has 0 atom stereocenters. The van der Waals surface area contributed by atoms with Gasteiger partial charge in [-0.3, -0.25) is 0 Å². The van der Waals surface area contributed by atoms with Crippen molar-refractivity contribution in [3.63, 3.8) is 0 Å². The number of para-hydroxylation sites is 1. The molecule has 1 heterocycles. The van der Waals surface area contributed by atoms with Crippen molar-refractivity contribution in [2.24, 2.45) is 0 Å². The van der Waals surface area contributed by atoms with Crippen LogP contribution in [0.2, 0.25) is 0 Å². The van der Waals surface area contributed by atoms with E-state index in [1.165, 1.54) is 5.56 Å². The Kier molecular flexibility index (Phi) is 6.52. The van der Waals surface area contributed by atoms with Gasteiger partial charge < -0.3 is 9.64 Å². The van der Waals surface area contributed by atoms with E-state index in [-0.39, 0.29) is 5.75 Å². The van der Waals surface area contributed by atoms with Gasteiger partial charge in [0.1, 0.15) is 5.75 Å². The summed E-state index contributed by atoms with van der Waals surface area (Å²) >= 11 is 0. The quantitative estimate of drug-likeness (QED) is 0.732. The summed E-state index contributed by atoms with van der Waals surface area (Å²) in [5.74, 6) is 0.993. The number of benzene rings is 2. The molecule has 1 aliphatic rings. The van der Waals surface area contributed by atoms with Gasteiger partial charge in [0.15, 0.2) is 0 Å². The highest BCUT2D eigenvalue weighted by Crippen LogP contribution is 2.19. The second-order valence-corrected chi connectivity index (χ2v) is 9.02. The van der Waals surface area contributed by atoms with Crippen molar-refractivity contribution in [2.75, 3.05) is 39.8 Å². The minimum absolute atomic E-state index is 0.0793. The largest absolute Gasteiger partial charge is 0.496 e. The van der Waals surface area contributed by atoms with Crippen LogP contribution in [0.1, 0.15) is 16.7 Å². The zero-order chi connectivity index (χ0) is 19.3. The first-order valence-corrected chi connectivity index (χ1v) is 11.0. The summed E-state index contributed by atoms with van der Waals surface area (Å²) in [4.78, 5) is 2.32. The molecule has 146 valence electrons. The number of sulfonamides is 1. The molecule has 2 aromatic rings. The minimum Gasteiger partial charge on any atom is -0.496 e. The van der Waals surface area contributed by atoms with E-state index in [0.717, 1.165) is 42.9 Å². The molecule has 0 aliphatic carbocycles. The number of piperazine rings is 1. The molecule has 0 saturated carbocycles. The highest BCUT2D eigenvalue weighted by atomic mass is 32.2. The summed E-state index contributed by atoms with van der Waals surface area (Å²) in [5, 5.41) is 0. The molecule has 0 spiro atoms. The van der Waals surface area contributed by atoms with Crippen molar-refractivity contribution in [3.05, 3.63) is 65.2 Å². The summed E-state index contributed by atoms with van der Waals surface area (Å²) in [6.45, 7) is 5.54. The van der Waals surface area contributed by atoms with E-state index in [1.807, 2.05) is 49.4 Å². The maximum atomic E-state index is 12.7. The molecule has 0 unspecified atom stereocenters. The van der Waals surface area contributed by atoms with Crippen molar-refractivity contribution in [3.8, 4) is 5.75 Å². The smallest absolute Gasteiger partial charge is 0.218 e. The molecule has 27 heavy (non-hydrogen) atoms. The van der Waals surface area contributed by atoms with Crippen LogP contribution in [0.25, 0.3) is 0 Å². The van der Waals surface area contributed by atoms with Gasteiger partial charge in [0, 0.05) is 32.7 Å². The van der Waals surface area contributed by atoms with Gasteiger partial charge in [-0.15, -0.1) is 0 Å². The second-order valence-electron chi connectivity index (χ2n) is 7.05. The van der Waals surface area contributed by atoms with Crippen LogP contribution in [0.5, 0.6) is 5.75 Å². The zero-order valence-electron chi connectivity index (χ0n) is 16.1. The summed E-state index contributed by atoms with van der Waals surface area (Å²) < 4.78 is 32.5. The summed E-state index contributed by atoms with van der Waals surface area (Å²) in [6.07, 6.45) is 0.903. The molecule has 6 heteroatoms. The van der Waals surface area contributed by atoms with Crippen LogP contribution in [0.3, 0.4) is 0 Å². The maximum Gasteiger partial charge on any atom is 0.218 e. The molecule has 0 aromatic heterocycles. The lowest BCUT2D eigenvalue weighted by atomic mass is 10.1. The van der Waals surface area contributed by atoms with E-state index in [4.69, 9.17) is 4.74 Å². The third-order valence-electron chi connectivity index (χ3n) is 5.05. The monoisotopic (exact) mass is 388 g/mol. The van der Waals surface area contributed by atoms with E-state index in [9.17, 15) is 8.42 Å². The molecule has 0 amide bonds. The van der Waals surface area contributed by atoms with Crippen molar-refractivity contribution >= 4 is 10.0 Å². The topological polar surface area (TPSA) is 49.9 Å². The van der Waals surface area contributed by atoms with Crippen molar-refractivity contribution in [2.45, 2.75) is 19.1 Å². The van der Waals surface area contributed by atoms with Crippen molar-refractivity contribution in [1.29, 1.82) is 0 Å². The van der Waals surface area contributed by atoms with Gasteiger partial charge in [-0.1, -0.05) is 48.0 Å². The molecule has 0 bridgehead atoms. The van der Waals surface area contributed by atoms with Crippen LogP contribution in [0.4, 0.5) is 0 Å². The Labute approximate surface area is 162 Å². The molecule has 1 fully saturated rings. The fourth-order valence-corrected chi connectivity index (χ4v) is 5.03. The predicted octanol–water partition coefficient (Wildman–Crippen LogP) is 2.69. The van der Waals surface area contributed by atoms with Gasteiger partial charge in [-0.05, 0) is 30.5 Å². The number of hydrogen-bond donors (Lipinski definition) is 0. The van der Waals surface area contributed by atoms with Crippen LogP contribution in [0, 0.1) is 6.92 Å². The number of nitrogens with zero attached hydrogens (tertiary/aromatic N) is 2. The van der Waals surface area contributed by atoms with E-state index in [1.54, 1.807) is 11.4 Å². The molecule has 1 aliphatic heterocycles. The third-order valence-corrected chi connectivity index (χ3v) is 6.90. The van der Waals surface area contributed by atoms with Gasteiger partial charge in [-0.2, -0.15) is 4.31 Å². The third kappa shape index (κ3) is 5.31. The van der Waals surface area contributed by atoms with E-state index in [2.05, 4.69) is 11.0 Å². The van der Waals surface area contributed by atoms with Crippen LogP contribution in [-0.4, -0.2) is 57.5 Å². The molecule has 0 N–H and O–H groups in total. The van der Waals surface area contributed by atoms with Gasteiger partial charge in [-0.25, -0.2) is 8.42 Å². The van der Waals surface area contributed by atoms with Crippen LogP contribution >= 0.6 is 0 Å². The standard InChI is InChI=1S/C21H28N2O3S/c1-18-6-5-7-19(16-18)17-27(24,25)23-14-12-22(13-15-23)11-10-20-8-3-4-9-21(20)26-2/h3-9,16H,10-15,17H2,1-2H3. The van der Waals surface area contributed by atoms with Crippen LogP contribution in [-0.2, 0) is 22.2 Å². The van der Waals surface area contributed by atoms with Gasteiger partial charge in [0.05, 0.1) is 12.9 Å². The number of aryl methyl sites for hydroxylation is 1. The Morgan fingerprint density at radius 2 is 1.74 bits per heavy atom. The fraction of sp³-hybridized carbons (Fsp3) is 0.429. The fourth-order valence-electron chi connectivity index (χ4n) is 3.52. The Morgan fingerprint density at radius 1 is 1.00 bits per heavy atom. The number of hydrogen-bond acceptors (Lipinski definition) is 4. The summed E-state index contributed by atoms with van der Waals surface area (Å²) in [7, 11) is -1.58. The molecule has 1 saturated heterocycles. The first-order valence-electron chi connectivity index (χ1n) is 9.35. The van der Waals surface area contributed by atoms with E-state index in [0.29, 0.717) is 13.1 Å². The summed E-state index contributed by atoms with van der Waals surface area (Å²) in [6, 6.07) is 15.8. The highest BCUT2D eigenvalue weighted by molar-refractivity contribution is 7.88. The van der Waals surface area contributed by atoms with Gasteiger partial charge in [0.25, 0.3) is 0 Å². The lowest BCUT2D eigenvalue weighted by Crippen LogP contribution is -2.49. The molecule has 3 rings (SSSR count). The lowest BCUT2D eigenvalue weighted by Gasteiger charge is -2.34. The average molecular weight is 389 g/mol. The van der Waals surface area contributed by atoms with E-state index >= 15 is 0 Å². The van der Waals surface area contributed by atoms with Crippen LogP contribution < -0.4 is 4.74 Å². The minimum atomic E-state index is -3.27. The zero-order valence-corrected chi connectivity index (χ0v) is 16.9. The van der Waals surface area contributed by atoms with Gasteiger partial charge >= 0.3 is 0 Å². The summed E-state index contributed by atoms with van der Waals surface area (Å²) in [5.41, 5.74) is 3.13. The Hall–Kier alpha value is -1.89. The van der Waals surface area contributed by atoms with Crippen LogP contribution in [0.15, 0.2) is 48.5 Å². The average Bonchev–Trinajstić information content (AvgIpc) is 2.66. The maximum absolute atomic E-state index is 12.7. The molecule has 2 aromatic carbocycles. The van der Waals surface area contributed by atoms with Gasteiger partial charge in [0.2, 0.25) is 10.0 Å². The van der Waals surface area contributed by atoms with Crippen molar-refractivity contribution in [1.82, 2.24) is 9.21 Å². The Balaban J connectivity index is 1.52. The SMILES string of the molecule is COc1ccccc1CCN1CCN(S(=O)(=O)Cc2cccc(C)c2)CC1. The Bertz CT molecular complexity index is 859. The first-order chi connectivity index (χ1) is 13.0. The predicted molar refractivity (Wildman–Crippen MR) is 109 cm³/mol. The number of rotatable bonds is 7. The molecular formula is C21H28N2O3S. The molecule has 5 nitrogen and oxygen atoms in total. The molecular weight excluding hydrogens is 360 g/mol. The highest BCUT2D eigenvalue weighted by Gasteiger charge is 2.27. The Morgan fingerprint density at radius 3 is 2.44 bits per heavy atom. The lowest BCUT2D eigenvalue weighted by molar-refractivity contribution is 0.189. The normalized spacial score (nSPS) is 16.4. The molecule has 0 radical (unpaired) electrons. The first kappa shape index (κ1) is 19.9. The van der Waals surface area contributed by atoms with E-state index < -0.39 is 10.0 Å². The second kappa shape index (κ2) is 8.87. The van der Waals surface area contributed by atoms with Crippen molar-refractivity contribution < 1.29 is 13.2 Å². The number of methoxy groups -OCH3 is 1. The number of ether oxygens (including phenoxy) is 1.